The molecule has 0 N–H and O–H groups in total. The van der Waals surface area contributed by atoms with Crippen molar-refractivity contribution in [1.82, 2.24) is 0 Å². The van der Waals surface area contributed by atoms with Gasteiger partial charge in [-0.15, -0.1) is 0 Å². The Morgan fingerprint density at radius 3 is 0.969 bits per heavy atom. The molecule has 0 aromatic rings. The minimum absolute atomic E-state index is 0.0984. The molecule has 0 saturated heterocycles. The molecule has 0 aromatic carbocycles. The third kappa shape index (κ3) is 51.9. The number of hydrogen-bond acceptors (Lipinski definition) is 6. The van der Waals surface area contributed by atoms with E-state index < -0.39 is 6.10 Å². The van der Waals surface area contributed by atoms with Gasteiger partial charge in [-0.25, -0.2) is 0 Å². The van der Waals surface area contributed by atoms with Crippen LogP contribution in [0.15, 0.2) is 60.8 Å². The summed E-state index contributed by atoms with van der Waals surface area (Å²) < 4.78 is 16.8. The number of carbonyl (C=O) groups excluding carboxylic acids is 3. The number of esters is 3. The molecule has 0 bridgehead atoms. The van der Waals surface area contributed by atoms with E-state index in [0.29, 0.717) is 19.3 Å². The van der Waals surface area contributed by atoms with Crippen LogP contribution in [-0.2, 0) is 28.6 Å². The fourth-order valence-corrected chi connectivity index (χ4v) is 7.73. The third-order valence-corrected chi connectivity index (χ3v) is 12.0. The van der Waals surface area contributed by atoms with Crippen molar-refractivity contribution in [2.75, 3.05) is 13.2 Å². The Labute approximate surface area is 402 Å². The lowest BCUT2D eigenvalue weighted by molar-refractivity contribution is -0.167. The molecule has 0 amide bonds. The molecule has 6 nitrogen and oxygen atoms in total. The lowest BCUT2D eigenvalue weighted by Gasteiger charge is -2.18. The first kappa shape index (κ1) is 62.1. The van der Waals surface area contributed by atoms with E-state index in [0.717, 1.165) is 70.6 Å². The minimum atomic E-state index is -0.804. The van der Waals surface area contributed by atoms with Crippen molar-refractivity contribution in [3.8, 4) is 0 Å². The molecule has 65 heavy (non-hydrogen) atoms. The largest absolute Gasteiger partial charge is 0.462 e. The molecular weight excluding hydrogens is 805 g/mol. The normalized spacial score (nSPS) is 12.5. The van der Waals surface area contributed by atoms with Crippen molar-refractivity contribution >= 4 is 17.9 Å². The zero-order valence-electron chi connectivity index (χ0n) is 43.0. The molecule has 376 valence electrons. The highest BCUT2D eigenvalue weighted by Crippen LogP contribution is 2.14. The first-order valence-electron chi connectivity index (χ1n) is 27.8. The summed E-state index contributed by atoms with van der Waals surface area (Å²) in [4.78, 5) is 38.0. The van der Waals surface area contributed by atoms with Gasteiger partial charge < -0.3 is 14.2 Å². The lowest BCUT2D eigenvalue weighted by atomic mass is 10.1. The Morgan fingerprint density at radius 2 is 0.585 bits per heavy atom. The molecule has 0 rings (SSSR count). The average molecular weight is 909 g/mol. The average Bonchev–Trinajstić information content (AvgIpc) is 3.30. The van der Waals surface area contributed by atoms with Gasteiger partial charge in [0.25, 0.3) is 0 Å². The van der Waals surface area contributed by atoms with Crippen molar-refractivity contribution in [2.24, 2.45) is 0 Å². The van der Waals surface area contributed by atoms with E-state index in [4.69, 9.17) is 14.2 Å². The van der Waals surface area contributed by atoms with Crippen LogP contribution in [0.25, 0.3) is 0 Å². The van der Waals surface area contributed by atoms with Gasteiger partial charge in [0.05, 0.1) is 0 Å². The number of allylic oxidation sites excluding steroid dienone is 10. The van der Waals surface area contributed by atoms with Crippen LogP contribution in [0.5, 0.6) is 0 Å². The van der Waals surface area contributed by atoms with E-state index in [-0.39, 0.29) is 37.5 Å². The van der Waals surface area contributed by atoms with Gasteiger partial charge in [-0.3, -0.25) is 14.4 Å². The van der Waals surface area contributed by atoms with E-state index in [2.05, 4.69) is 81.5 Å². The number of ether oxygens (including phenoxy) is 3. The zero-order chi connectivity index (χ0) is 47.2. The fourth-order valence-electron chi connectivity index (χ4n) is 7.73. The van der Waals surface area contributed by atoms with E-state index in [9.17, 15) is 14.4 Å². The molecule has 0 spiro atoms. The number of carbonyl (C=O) groups is 3. The first-order valence-corrected chi connectivity index (χ1v) is 27.8. The second kappa shape index (κ2) is 53.7. The number of unbranched alkanes of at least 4 members (excludes halogenated alkanes) is 29. The summed E-state index contributed by atoms with van der Waals surface area (Å²) in [5.74, 6) is -0.959. The van der Waals surface area contributed by atoms with Crippen molar-refractivity contribution in [2.45, 2.75) is 284 Å². The highest BCUT2D eigenvalue weighted by Gasteiger charge is 2.19. The molecule has 0 aliphatic rings. The first-order chi connectivity index (χ1) is 32.0. The van der Waals surface area contributed by atoms with E-state index >= 15 is 0 Å². The van der Waals surface area contributed by atoms with Gasteiger partial charge >= 0.3 is 17.9 Å². The highest BCUT2D eigenvalue weighted by atomic mass is 16.6. The van der Waals surface area contributed by atoms with Crippen LogP contribution in [0.3, 0.4) is 0 Å². The van der Waals surface area contributed by atoms with Crippen LogP contribution in [0, 0.1) is 0 Å². The molecule has 0 radical (unpaired) electrons. The SMILES string of the molecule is CCCC/C=C\CCCCCCCC(=O)OCC(COC(=O)CCCCCCCCC/C=C\CCCCCCCCCC)OC(=O)CCC/C=C\C/C=C\C/C=C\CCCCCCCC. The van der Waals surface area contributed by atoms with Crippen LogP contribution in [-0.4, -0.2) is 37.2 Å². The Kier molecular flexibility index (Phi) is 51.3. The Bertz CT molecular complexity index is 1180. The quantitative estimate of drug-likeness (QED) is 0.0262. The molecule has 0 aliphatic heterocycles. The van der Waals surface area contributed by atoms with Gasteiger partial charge in [0.1, 0.15) is 13.2 Å². The molecule has 1 unspecified atom stereocenters. The van der Waals surface area contributed by atoms with Gasteiger partial charge in [-0.1, -0.05) is 223 Å². The van der Waals surface area contributed by atoms with E-state index in [1.807, 2.05) is 0 Å². The molecule has 0 heterocycles. The summed E-state index contributed by atoms with van der Waals surface area (Å²) in [5, 5.41) is 0. The summed E-state index contributed by atoms with van der Waals surface area (Å²) in [6.07, 6.45) is 66.5. The highest BCUT2D eigenvalue weighted by molar-refractivity contribution is 5.71. The van der Waals surface area contributed by atoms with Gasteiger partial charge in [0.15, 0.2) is 6.10 Å². The van der Waals surface area contributed by atoms with E-state index in [1.165, 1.54) is 161 Å². The Hall–Kier alpha value is -2.89. The van der Waals surface area contributed by atoms with Crippen LogP contribution < -0.4 is 0 Å². The molecule has 6 heteroatoms. The van der Waals surface area contributed by atoms with Crippen LogP contribution in [0.2, 0.25) is 0 Å². The molecule has 0 saturated carbocycles. The van der Waals surface area contributed by atoms with Crippen LogP contribution in [0.4, 0.5) is 0 Å². The second-order valence-corrected chi connectivity index (χ2v) is 18.5. The fraction of sp³-hybridized carbons (Fsp3) is 0.780. The summed E-state index contributed by atoms with van der Waals surface area (Å²) in [5.41, 5.74) is 0. The van der Waals surface area contributed by atoms with Crippen LogP contribution in [0.1, 0.15) is 278 Å². The summed E-state index contributed by atoms with van der Waals surface area (Å²) in [7, 11) is 0. The van der Waals surface area contributed by atoms with E-state index in [1.54, 1.807) is 0 Å². The maximum absolute atomic E-state index is 12.8. The third-order valence-electron chi connectivity index (χ3n) is 12.0. The van der Waals surface area contributed by atoms with Crippen molar-refractivity contribution in [1.29, 1.82) is 0 Å². The zero-order valence-corrected chi connectivity index (χ0v) is 43.0. The summed E-state index contributed by atoms with van der Waals surface area (Å²) >= 11 is 0. The minimum Gasteiger partial charge on any atom is -0.462 e. The molecule has 0 aliphatic carbocycles. The van der Waals surface area contributed by atoms with Crippen molar-refractivity contribution < 1.29 is 28.6 Å². The van der Waals surface area contributed by atoms with Crippen molar-refractivity contribution in [3.63, 3.8) is 0 Å². The Morgan fingerprint density at radius 1 is 0.308 bits per heavy atom. The number of rotatable bonds is 50. The molecule has 0 fully saturated rings. The topological polar surface area (TPSA) is 78.9 Å². The molecule has 0 aromatic heterocycles. The predicted molar refractivity (Wildman–Crippen MR) is 279 cm³/mol. The smallest absolute Gasteiger partial charge is 0.306 e. The molecule has 1 atom stereocenters. The standard InChI is InChI=1S/C59H104O6/c1-4-7-10-13-16-19-22-24-26-28-29-31-32-34-37-40-43-46-49-52-58(61)64-55-56(54-63-57(60)51-48-45-42-39-36-21-18-15-12-9-6-3)65-59(62)53-50-47-44-41-38-35-33-30-27-25-23-20-17-14-11-8-5-2/h15,18,25,27-29,33,35,41,44,56H,4-14,16-17,19-24,26,30-32,34,36-40,42-43,45-55H2,1-3H3/b18-15-,27-25-,29-28-,35-33-,44-41-. The maximum Gasteiger partial charge on any atom is 0.306 e. The van der Waals surface area contributed by atoms with Gasteiger partial charge in [-0.05, 0) is 96.3 Å². The van der Waals surface area contributed by atoms with Gasteiger partial charge in [0, 0.05) is 19.3 Å². The molecular formula is C59H104O6. The predicted octanol–water partition coefficient (Wildman–Crippen LogP) is 18.4. The lowest BCUT2D eigenvalue weighted by Crippen LogP contribution is -2.30. The monoisotopic (exact) mass is 909 g/mol. The van der Waals surface area contributed by atoms with Crippen LogP contribution >= 0.6 is 0 Å². The Balaban J connectivity index is 4.41. The number of hydrogen-bond donors (Lipinski definition) is 0. The van der Waals surface area contributed by atoms with Gasteiger partial charge in [0.2, 0.25) is 0 Å². The van der Waals surface area contributed by atoms with Gasteiger partial charge in [-0.2, -0.15) is 0 Å². The van der Waals surface area contributed by atoms with Crippen molar-refractivity contribution in [3.05, 3.63) is 60.8 Å². The second-order valence-electron chi connectivity index (χ2n) is 18.5. The summed E-state index contributed by atoms with van der Waals surface area (Å²) in [6, 6.07) is 0. The maximum atomic E-state index is 12.8. The summed E-state index contributed by atoms with van der Waals surface area (Å²) in [6.45, 7) is 6.56.